The molecule has 1 aliphatic rings. The first-order valence-corrected chi connectivity index (χ1v) is 6.54. The molecule has 1 aliphatic heterocycles. The third-order valence-corrected chi connectivity index (χ3v) is 3.06. The third kappa shape index (κ3) is 5.04. The molecule has 1 saturated heterocycles. The van der Waals surface area contributed by atoms with E-state index in [1.165, 1.54) is 7.11 Å². The zero-order valence-corrected chi connectivity index (χ0v) is 11.3. The van der Waals surface area contributed by atoms with Crippen LogP contribution in [0.4, 0.5) is 0 Å². The van der Waals surface area contributed by atoms with Crippen molar-refractivity contribution in [3.63, 3.8) is 0 Å². The Labute approximate surface area is 104 Å². The molecule has 0 saturated carbocycles. The molecule has 1 unspecified atom stereocenters. The average molecular weight is 243 g/mol. The number of likely N-dealkylation sites (tertiary alicyclic amines) is 1. The molecule has 0 aromatic heterocycles. The Kier molecular flexibility index (Phi) is 6.52. The fourth-order valence-electron chi connectivity index (χ4n) is 2.16. The van der Waals surface area contributed by atoms with Crippen LogP contribution in [0.2, 0.25) is 0 Å². The van der Waals surface area contributed by atoms with Gasteiger partial charge < -0.3 is 9.47 Å². The Morgan fingerprint density at radius 2 is 2.18 bits per heavy atom. The van der Waals surface area contributed by atoms with Crippen molar-refractivity contribution in [2.75, 3.05) is 33.4 Å². The topological polar surface area (TPSA) is 38.8 Å². The van der Waals surface area contributed by atoms with Crippen LogP contribution >= 0.6 is 0 Å². The van der Waals surface area contributed by atoms with Gasteiger partial charge in [0.25, 0.3) is 0 Å². The smallest absolute Gasteiger partial charge is 0.323 e. The number of esters is 1. The molecule has 0 aromatic rings. The Hall–Kier alpha value is -0.610. The lowest BCUT2D eigenvalue weighted by Gasteiger charge is -2.33. The summed E-state index contributed by atoms with van der Waals surface area (Å²) in [5.74, 6) is 0.460. The summed E-state index contributed by atoms with van der Waals surface area (Å²) < 4.78 is 10.4. The summed E-state index contributed by atoms with van der Waals surface area (Å²) in [6.45, 7) is 7.57. The first-order valence-electron chi connectivity index (χ1n) is 6.54. The highest BCUT2D eigenvalue weighted by Crippen LogP contribution is 2.17. The lowest BCUT2D eigenvalue weighted by molar-refractivity contribution is -0.148. The lowest BCUT2D eigenvalue weighted by Crippen LogP contribution is -2.46. The number of carbonyl (C=O) groups is 1. The van der Waals surface area contributed by atoms with Crippen molar-refractivity contribution < 1.29 is 14.3 Å². The standard InChI is InChI=1S/C13H25NO3/c1-11(2)10-17-9-8-14-7-5-4-6-12(14)13(15)16-3/h11-12H,4-10H2,1-3H3. The summed E-state index contributed by atoms with van der Waals surface area (Å²) in [7, 11) is 1.46. The van der Waals surface area contributed by atoms with Crippen LogP contribution in [-0.2, 0) is 14.3 Å². The highest BCUT2D eigenvalue weighted by atomic mass is 16.5. The van der Waals surface area contributed by atoms with Crippen molar-refractivity contribution in [2.45, 2.75) is 39.2 Å². The monoisotopic (exact) mass is 243 g/mol. The Morgan fingerprint density at radius 1 is 1.41 bits per heavy atom. The van der Waals surface area contributed by atoms with Crippen LogP contribution < -0.4 is 0 Å². The molecule has 0 aliphatic carbocycles. The molecule has 0 bridgehead atoms. The maximum absolute atomic E-state index is 11.6. The van der Waals surface area contributed by atoms with E-state index in [2.05, 4.69) is 18.7 Å². The van der Waals surface area contributed by atoms with Crippen LogP contribution in [0.5, 0.6) is 0 Å². The number of rotatable bonds is 6. The summed E-state index contributed by atoms with van der Waals surface area (Å²) >= 11 is 0. The number of hydrogen-bond acceptors (Lipinski definition) is 4. The van der Waals surface area contributed by atoms with Crippen LogP contribution in [0.1, 0.15) is 33.1 Å². The molecule has 0 amide bonds. The summed E-state index contributed by atoms with van der Waals surface area (Å²) in [5, 5.41) is 0. The largest absolute Gasteiger partial charge is 0.468 e. The van der Waals surface area contributed by atoms with E-state index in [0.29, 0.717) is 12.5 Å². The van der Waals surface area contributed by atoms with Gasteiger partial charge in [-0.3, -0.25) is 9.69 Å². The van der Waals surface area contributed by atoms with E-state index in [4.69, 9.17) is 9.47 Å². The van der Waals surface area contributed by atoms with Gasteiger partial charge in [-0.05, 0) is 25.3 Å². The lowest BCUT2D eigenvalue weighted by atomic mass is 10.0. The first kappa shape index (κ1) is 14.5. The predicted molar refractivity (Wildman–Crippen MR) is 66.9 cm³/mol. The molecule has 0 spiro atoms. The van der Waals surface area contributed by atoms with Crippen molar-refractivity contribution in [1.29, 1.82) is 0 Å². The van der Waals surface area contributed by atoms with Gasteiger partial charge in [0, 0.05) is 13.2 Å². The Morgan fingerprint density at radius 3 is 2.82 bits per heavy atom. The minimum absolute atomic E-state index is 0.0589. The molecule has 0 N–H and O–H groups in total. The predicted octanol–water partition coefficient (Wildman–Crippen LogP) is 1.69. The average Bonchev–Trinajstić information content (AvgIpc) is 2.34. The van der Waals surface area contributed by atoms with Gasteiger partial charge in [0.1, 0.15) is 6.04 Å². The molecule has 0 aromatic carbocycles. The van der Waals surface area contributed by atoms with E-state index in [9.17, 15) is 4.79 Å². The maximum atomic E-state index is 11.6. The molecule has 100 valence electrons. The molecule has 0 radical (unpaired) electrons. The van der Waals surface area contributed by atoms with E-state index in [1.807, 2.05) is 0 Å². The van der Waals surface area contributed by atoms with E-state index in [1.54, 1.807) is 0 Å². The minimum atomic E-state index is -0.103. The first-order chi connectivity index (χ1) is 8.15. The Bertz CT molecular complexity index is 231. The van der Waals surface area contributed by atoms with Gasteiger partial charge in [-0.15, -0.1) is 0 Å². The van der Waals surface area contributed by atoms with Crippen LogP contribution in [-0.4, -0.2) is 50.3 Å². The zero-order valence-electron chi connectivity index (χ0n) is 11.3. The van der Waals surface area contributed by atoms with Gasteiger partial charge >= 0.3 is 5.97 Å². The van der Waals surface area contributed by atoms with Gasteiger partial charge in [-0.25, -0.2) is 0 Å². The summed E-state index contributed by atoms with van der Waals surface area (Å²) in [6.07, 6.45) is 3.19. The number of nitrogens with zero attached hydrogens (tertiary/aromatic N) is 1. The molecule has 4 heteroatoms. The van der Waals surface area contributed by atoms with Gasteiger partial charge in [0.2, 0.25) is 0 Å². The zero-order chi connectivity index (χ0) is 12.7. The van der Waals surface area contributed by atoms with Crippen molar-refractivity contribution in [3.05, 3.63) is 0 Å². The fraction of sp³-hybridized carbons (Fsp3) is 0.923. The van der Waals surface area contributed by atoms with Gasteiger partial charge in [0.05, 0.1) is 13.7 Å². The van der Waals surface area contributed by atoms with Gasteiger partial charge in [-0.2, -0.15) is 0 Å². The van der Waals surface area contributed by atoms with Crippen molar-refractivity contribution in [1.82, 2.24) is 4.90 Å². The van der Waals surface area contributed by atoms with E-state index < -0.39 is 0 Å². The van der Waals surface area contributed by atoms with Crippen LogP contribution in [0.15, 0.2) is 0 Å². The second-order valence-electron chi connectivity index (χ2n) is 5.04. The third-order valence-electron chi connectivity index (χ3n) is 3.06. The van der Waals surface area contributed by atoms with Gasteiger partial charge in [0.15, 0.2) is 0 Å². The number of carbonyl (C=O) groups excluding carboxylic acids is 1. The quantitative estimate of drug-likeness (QED) is 0.525. The second kappa shape index (κ2) is 7.67. The van der Waals surface area contributed by atoms with Crippen LogP contribution in [0, 0.1) is 5.92 Å². The molecule has 1 heterocycles. The van der Waals surface area contributed by atoms with Crippen molar-refractivity contribution in [2.24, 2.45) is 5.92 Å². The highest BCUT2D eigenvalue weighted by molar-refractivity contribution is 5.75. The highest BCUT2D eigenvalue weighted by Gasteiger charge is 2.28. The van der Waals surface area contributed by atoms with E-state index >= 15 is 0 Å². The van der Waals surface area contributed by atoms with Crippen LogP contribution in [0.25, 0.3) is 0 Å². The number of hydrogen-bond donors (Lipinski definition) is 0. The molecular weight excluding hydrogens is 218 g/mol. The summed E-state index contributed by atoms with van der Waals surface area (Å²) in [5.41, 5.74) is 0. The fourth-order valence-corrected chi connectivity index (χ4v) is 2.16. The molecule has 1 atom stereocenters. The Balaban J connectivity index is 2.30. The molecule has 1 rings (SSSR count). The van der Waals surface area contributed by atoms with Gasteiger partial charge in [-0.1, -0.05) is 20.3 Å². The SMILES string of the molecule is COC(=O)C1CCCCN1CCOCC(C)C. The molecule has 17 heavy (non-hydrogen) atoms. The second-order valence-corrected chi connectivity index (χ2v) is 5.04. The molecule has 1 fully saturated rings. The number of methoxy groups -OCH3 is 1. The maximum Gasteiger partial charge on any atom is 0.323 e. The van der Waals surface area contributed by atoms with Crippen molar-refractivity contribution >= 4 is 5.97 Å². The normalized spacial score (nSPS) is 21.8. The van der Waals surface area contributed by atoms with E-state index in [-0.39, 0.29) is 12.0 Å². The number of piperidine rings is 1. The summed E-state index contributed by atoms with van der Waals surface area (Å²) in [4.78, 5) is 13.8. The number of ether oxygens (including phenoxy) is 2. The van der Waals surface area contributed by atoms with E-state index in [0.717, 1.165) is 39.0 Å². The van der Waals surface area contributed by atoms with Crippen LogP contribution in [0.3, 0.4) is 0 Å². The minimum Gasteiger partial charge on any atom is -0.468 e. The summed E-state index contributed by atoms with van der Waals surface area (Å²) in [6, 6.07) is -0.0589. The molecular formula is C13H25NO3. The molecule has 4 nitrogen and oxygen atoms in total. The van der Waals surface area contributed by atoms with Crippen molar-refractivity contribution in [3.8, 4) is 0 Å².